The Balaban J connectivity index is 2.01. The van der Waals surface area contributed by atoms with Crippen LogP contribution in [0, 0.1) is 11.3 Å². The van der Waals surface area contributed by atoms with Gasteiger partial charge in [0.2, 0.25) is 0 Å². The van der Waals surface area contributed by atoms with Gasteiger partial charge in [0.25, 0.3) is 0 Å². The number of likely N-dealkylation sites (tertiary alicyclic amines) is 1. The van der Waals surface area contributed by atoms with Gasteiger partial charge in [-0.05, 0) is 41.4 Å². The van der Waals surface area contributed by atoms with Gasteiger partial charge < -0.3 is 0 Å². The number of nitriles is 1. The van der Waals surface area contributed by atoms with Crippen LogP contribution in [-0.4, -0.2) is 17.5 Å². The molecule has 1 aromatic heterocycles. The topological polar surface area (TPSA) is 27.0 Å². The Hall–Kier alpha value is -0.370. The molecule has 4 heteroatoms. The van der Waals surface area contributed by atoms with Gasteiger partial charge in [-0.2, -0.15) is 5.26 Å². The molecule has 1 aliphatic heterocycles. The van der Waals surface area contributed by atoms with E-state index in [1.807, 2.05) is 0 Å². The number of halogens is 1. The molecule has 0 aliphatic carbocycles. The fraction of sp³-hybridized carbons (Fsp3) is 0.500. The van der Waals surface area contributed by atoms with Gasteiger partial charge in [0.15, 0.2) is 0 Å². The molecule has 2 rings (SSSR count). The third-order valence-electron chi connectivity index (χ3n) is 2.49. The molecular weight excluding hydrogens is 260 g/mol. The van der Waals surface area contributed by atoms with Crippen LogP contribution < -0.4 is 0 Å². The third-order valence-corrected chi connectivity index (χ3v) is 4.18. The van der Waals surface area contributed by atoms with Gasteiger partial charge in [0.05, 0.1) is 12.1 Å². The van der Waals surface area contributed by atoms with Crippen molar-refractivity contribution >= 4 is 27.3 Å². The molecule has 0 aromatic carbocycles. The molecule has 0 bridgehead atoms. The van der Waals surface area contributed by atoms with Gasteiger partial charge in [-0.3, -0.25) is 4.90 Å². The first-order valence-corrected chi connectivity index (χ1v) is 6.33. The molecule has 74 valence electrons. The molecule has 2 nitrogen and oxygen atoms in total. The summed E-state index contributed by atoms with van der Waals surface area (Å²) >= 11 is 5.19. The van der Waals surface area contributed by atoms with E-state index in [2.05, 4.69) is 38.3 Å². The van der Waals surface area contributed by atoms with Crippen molar-refractivity contribution in [2.75, 3.05) is 6.54 Å². The zero-order chi connectivity index (χ0) is 9.97. The second-order valence-corrected chi connectivity index (χ2v) is 5.40. The molecule has 1 atom stereocenters. The summed E-state index contributed by atoms with van der Waals surface area (Å²) in [4.78, 5) is 3.59. The first-order valence-electron chi connectivity index (χ1n) is 4.66. The van der Waals surface area contributed by atoms with E-state index in [9.17, 15) is 0 Å². The summed E-state index contributed by atoms with van der Waals surface area (Å²) in [7, 11) is 0. The molecule has 14 heavy (non-hydrogen) atoms. The van der Waals surface area contributed by atoms with Crippen molar-refractivity contribution in [2.24, 2.45) is 0 Å². The number of nitrogens with zero attached hydrogens (tertiary/aromatic N) is 2. The lowest BCUT2D eigenvalue weighted by atomic mass is 10.2. The maximum absolute atomic E-state index is 8.92. The van der Waals surface area contributed by atoms with Crippen LogP contribution in [0.3, 0.4) is 0 Å². The molecule has 1 saturated heterocycles. The average Bonchev–Trinajstić information content (AvgIpc) is 2.76. The molecule has 2 heterocycles. The van der Waals surface area contributed by atoms with E-state index < -0.39 is 0 Å². The third kappa shape index (κ3) is 2.17. The zero-order valence-electron chi connectivity index (χ0n) is 7.74. The first-order chi connectivity index (χ1) is 6.79. The highest BCUT2D eigenvalue weighted by molar-refractivity contribution is 9.10. The van der Waals surface area contributed by atoms with Gasteiger partial charge in [-0.1, -0.05) is 0 Å². The monoisotopic (exact) mass is 270 g/mol. The van der Waals surface area contributed by atoms with Crippen molar-refractivity contribution in [2.45, 2.75) is 25.4 Å². The van der Waals surface area contributed by atoms with Gasteiger partial charge >= 0.3 is 0 Å². The average molecular weight is 271 g/mol. The van der Waals surface area contributed by atoms with Crippen molar-refractivity contribution in [1.29, 1.82) is 5.26 Å². The summed E-state index contributed by atoms with van der Waals surface area (Å²) in [5, 5.41) is 11.0. The summed E-state index contributed by atoms with van der Waals surface area (Å²) in [5.41, 5.74) is 0. The lowest BCUT2D eigenvalue weighted by molar-refractivity contribution is 0.289. The Morgan fingerprint density at radius 2 is 2.57 bits per heavy atom. The smallest absolute Gasteiger partial charge is 0.0981 e. The summed E-state index contributed by atoms with van der Waals surface area (Å²) in [5.74, 6) is 0. The molecule has 0 radical (unpaired) electrons. The molecule has 0 amide bonds. The number of hydrogen-bond donors (Lipinski definition) is 0. The molecular formula is C10H11BrN2S. The Morgan fingerprint density at radius 3 is 3.21 bits per heavy atom. The SMILES string of the molecule is N#CC1CCCN1Cc1cc(Br)cs1. The van der Waals surface area contributed by atoms with Crippen LogP contribution in [0.5, 0.6) is 0 Å². The quantitative estimate of drug-likeness (QED) is 0.826. The van der Waals surface area contributed by atoms with Crippen molar-refractivity contribution in [1.82, 2.24) is 4.90 Å². The Labute approximate surface area is 96.3 Å². The van der Waals surface area contributed by atoms with E-state index in [1.54, 1.807) is 11.3 Å². The van der Waals surface area contributed by atoms with E-state index in [4.69, 9.17) is 5.26 Å². The van der Waals surface area contributed by atoms with Crippen LogP contribution in [0.1, 0.15) is 17.7 Å². The minimum atomic E-state index is 0.135. The lowest BCUT2D eigenvalue weighted by Gasteiger charge is -2.17. The standard InChI is InChI=1S/C10H11BrN2S/c11-8-4-10(14-7-8)6-13-3-1-2-9(13)5-12/h4,7,9H,1-3,6H2. The van der Waals surface area contributed by atoms with Gasteiger partial charge in [-0.15, -0.1) is 11.3 Å². The van der Waals surface area contributed by atoms with Crippen LogP contribution in [0.25, 0.3) is 0 Å². The molecule has 1 fully saturated rings. The predicted octanol–water partition coefficient (Wildman–Crippen LogP) is 3.00. The lowest BCUT2D eigenvalue weighted by Crippen LogP contribution is -2.26. The van der Waals surface area contributed by atoms with Crippen LogP contribution in [0.15, 0.2) is 15.9 Å². The predicted molar refractivity (Wildman–Crippen MR) is 61.1 cm³/mol. The molecule has 1 unspecified atom stereocenters. The Bertz CT molecular complexity index is 355. The number of thiophene rings is 1. The Kier molecular flexibility index (Phi) is 3.22. The number of rotatable bonds is 2. The van der Waals surface area contributed by atoms with Crippen LogP contribution in [0.4, 0.5) is 0 Å². The minimum Gasteiger partial charge on any atom is -0.283 e. The largest absolute Gasteiger partial charge is 0.283 e. The maximum Gasteiger partial charge on any atom is 0.0981 e. The summed E-state index contributed by atoms with van der Waals surface area (Å²) in [6.07, 6.45) is 2.19. The maximum atomic E-state index is 8.92. The van der Waals surface area contributed by atoms with Crippen LogP contribution >= 0.6 is 27.3 Å². The van der Waals surface area contributed by atoms with Gasteiger partial charge in [0, 0.05) is 21.3 Å². The van der Waals surface area contributed by atoms with E-state index >= 15 is 0 Å². The molecule has 0 spiro atoms. The second-order valence-electron chi connectivity index (χ2n) is 3.49. The van der Waals surface area contributed by atoms with Crippen LogP contribution in [-0.2, 0) is 6.54 Å². The Morgan fingerprint density at radius 1 is 1.71 bits per heavy atom. The highest BCUT2D eigenvalue weighted by atomic mass is 79.9. The zero-order valence-corrected chi connectivity index (χ0v) is 10.1. The highest BCUT2D eigenvalue weighted by Crippen LogP contribution is 2.25. The fourth-order valence-corrected chi connectivity index (χ4v) is 3.27. The van der Waals surface area contributed by atoms with E-state index in [0.717, 1.165) is 30.4 Å². The normalized spacial score (nSPS) is 22.4. The first kappa shape index (κ1) is 10.2. The molecule has 1 aliphatic rings. The molecule has 0 saturated carbocycles. The summed E-state index contributed by atoms with van der Waals surface area (Å²) < 4.78 is 1.14. The van der Waals surface area contributed by atoms with Gasteiger partial charge in [0.1, 0.15) is 0 Å². The minimum absolute atomic E-state index is 0.135. The van der Waals surface area contributed by atoms with Crippen LogP contribution in [0.2, 0.25) is 0 Å². The van der Waals surface area contributed by atoms with E-state index in [1.165, 1.54) is 4.88 Å². The van der Waals surface area contributed by atoms with Crippen molar-refractivity contribution in [3.05, 3.63) is 20.8 Å². The van der Waals surface area contributed by atoms with Gasteiger partial charge in [-0.25, -0.2) is 0 Å². The van der Waals surface area contributed by atoms with Crippen molar-refractivity contribution < 1.29 is 0 Å². The molecule has 1 aromatic rings. The van der Waals surface area contributed by atoms with E-state index in [-0.39, 0.29) is 6.04 Å². The number of hydrogen-bond acceptors (Lipinski definition) is 3. The highest BCUT2D eigenvalue weighted by Gasteiger charge is 2.24. The van der Waals surface area contributed by atoms with Crippen molar-refractivity contribution in [3.8, 4) is 6.07 Å². The second kappa shape index (κ2) is 4.43. The molecule has 0 N–H and O–H groups in total. The summed E-state index contributed by atoms with van der Waals surface area (Å²) in [6, 6.07) is 4.63. The fourth-order valence-electron chi connectivity index (χ4n) is 1.80. The van der Waals surface area contributed by atoms with Crippen molar-refractivity contribution in [3.63, 3.8) is 0 Å². The summed E-state index contributed by atoms with van der Waals surface area (Å²) in [6.45, 7) is 1.99. The van der Waals surface area contributed by atoms with E-state index in [0.29, 0.717) is 0 Å².